The van der Waals surface area contributed by atoms with Gasteiger partial charge in [0.1, 0.15) is 5.52 Å². The first-order valence-corrected chi connectivity index (χ1v) is 8.42. The topological polar surface area (TPSA) is 53.3 Å². The average Bonchev–Trinajstić information content (AvgIpc) is 3.00. The lowest BCUT2D eigenvalue weighted by Crippen LogP contribution is -2.42. The van der Waals surface area contributed by atoms with Crippen molar-refractivity contribution < 1.29 is 4.42 Å². The van der Waals surface area contributed by atoms with Crippen LogP contribution in [0.25, 0.3) is 11.1 Å². The Kier molecular flexibility index (Phi) is 4.10. The summed E-state index contributed by atoms with van der Waals surface area (Å²) in [7, 11) is 0. The molecule has 118 valence electrons. The number of hydrogen-bond donors (Lipinski definition) is 2. The summed E-state index contributed by atoms with van der Waals surface area (Å²) in [6.45, 7) is 7.56. The monoisotopic (exact) mass is 300 g/mol. The third kappa shape index (κ3) is 3.02. The molecule has 1 aromatic heterocycles. The highest BCUT2D eigenvalue weighted by Crippen LogP contribution is 2.28. The zero-order valence-electron chi connectivity index (χ0n) is 13.0. The molecular formula is C17H24N4O. The minimum atomic E-state index is 0.477. The lowest BCUT2D eigenvalue weighted by Gasteiger charge is -2.27. The van der Waals surface area contributed by atoms with E-state index >= 15 is 0 Å². The highest BCUT2D eigenvalue weighted by molar-refractivity contribution is 5.73. The maximum atomic E-state index is 5.99. The van der Waals surface area contributed by atoms with Crippen molar-refractivity contribution in [2.24, 2.45) is 0 Å². The van der Waals surface area contributed by atoms with E-state index in [1.165, 1.54) is 5.56 Å². The first-order valence-electron chi connectivity index (χ1n) is 8.42. The number of oxazole rings is 1. The van der Waals surface area contributed by atoms with E-state index in [4.69, 9.17) is 9.40 Å². The van der Waals surface area contributed by atoms with Gasteiger partial charge in [0.2, 0.25) is 0 Å². The molecule has 5 heteroatoms. The summed E-state index contributed by atoms with van der Waals surface area (Å²) in [5.41, 5.74) is 3.28. The molecule has 0 radical (unpaired) electrons. The second-order valence-corrected chi connectivity index (χ2v) is 6.40. The van der Waals surface area contributed by atoms with Gasteiger partial charge in [0.25, 0.3) is 0 Å². The number of hydrogen-bond acceptors (Lipinski definition) is 5. The molecule has 4 rings (SSSR count). The molecule has 0 saturated carbocycles. The Hall–Kier alpha value is -1.43. The Morgan fingerprint density at radius 3 is 2.68 bits per heavy atom. The van der Waals surface area contributed by atoms with E-state index in [9.17, 15) is 0 Å². The molecule has 0 aliphatic carbocycles. The molecule has 2 aliphatic heterocycles. The molecule has 2 fully saturated rings. The fraction of sp³-hybridized carbons (Fsp3) is 0.588. The van der Waals surface area contributed by atoms with E-state index in [1.54, 1.807) is 0 Å². The number of piperidine rings is 1. The standard InChI is InChI=1S/C17H24N4O/c1-2-16-15(11-13(1)12-21-9-7-19-8-10-21)20-17(22-16)14-3-5-18-6-4-14/h1-2,11,14,18-19H,3-10,12H2. The summed E-state index contributed by atoms with van der Waals surface area (Å²) >= 11 is 0. The van der Waals surface area contributed by atoms with Gasteiger partial charge in [0.05, 0.1) is 0 Å². The number of nitrogens with one attached hydrogen (secondary N) is 2. The van der Waals surface area contributed by atoms with Crippen LogP contribution in [0.4, 0.5) is 0 Å². The normalized spacial score (nSPS) is 21.5. The molecule has 0 spiro atoms. The Morgan fingerprint density at radius 1 is 1.09 bits per heavy atom. The number of aromatic nitrogens is 1. The minimum Gasteiger partial charge on any atom is -0.440 e. The largest absolute Gasteiger partial charge is 0.440 e. The molecule has 2 saturated heterocycles. The number of benzene rings is 1. The quantitative estimate of drug-likeness (QED) is 0.903. The maximum absolute atomic E-state index is 5.99. The van der Waals surface area contributed by atoms with Crippen LogP contribution in [-0.2, 0) is 6.54 Å². The lowest BCUT2D eigenvalue weighted by molar-refractivity contribution is 0.233. The van der Waals surface area contributed by atoms with Gasteiger partial charge in [0, 0.05) is 38.6 Å². The van der Waals surface area contributed by atoms with Crippen LogP contribution < -0.4 is 10.6 Å². The predicted molar refractivity (Wildman–Crippen MR) is 87.0 cm³/mol. The van der Waals surface area contributed by atoms with Gasteiger partial charge >= 0.3 is 0 Å². The van der Waals surface area contributed by atoms with Crippen LogP contribution in [-0.4, -0.2) is 49.2 Å². The summed E-state index contributed by atoms with van der Waals surface area (Å²) in [4.78, 5) is 7.26. The van der Waals surface area contributed by atoms with Gasteiger partial charge in [-0.05, 0) is 43.6 Å². The van der Waals surface area contributed by atoms with Crippen LogP contribution in [0.3, 0.4) is 0 Å². The van der Waals surface area contributed by atoms with E-state index in [2.05, 4.69) is 33.7 Å². The molecule has 2 N–H and O–H groups in total. The lowest BCUT2D eigenvalue weighted by atomic mass is 9.98. The molecule has 0 amide bonds. The number of rotatable bonds is 3. The number of nitrogens with zero attached hydrogens (tertiary/aromatic N) is 2. The van der Waals surface area contributed by atoms with E-state index < -0.39 is 0 Å². The predicted octanol–water partition coefficient (Wildman–Crippen LogP) is 1.70. The van der Waals surface area contributed by atoms with E-state index in [1.807, 2.05) is 0 Å². The van der Waals surface area contributed by atoms with Gasteiger partial charge in [0.15, 0.2) is 11.5 Å². The Morgan fingerprint density at radius 2 is 1.86 bits per heavy atom. The van der Waals surface area contributed by atoms with Gasteiger partial charge < -0.3 is 15.1 Å². The van der Waals surface area contributed by atoms with Crippen molar-refractivity contribution in [2.45, 2.75) is 25.3 Å². The van der Waals surface area contributed by atoms with Gasteiger partial charge in [-0.3, -0.25) is 4.90 Å². The van der Waals surface area contributed by atoms with Crippen molar-refractivity contribution >= 4 is 11.1 Å². The van der Waals surface area contributed by atoms with Crippen molar-refractivity contribution in [3.8, 4) is 0 Å². The Balaban J connectivity index is 1.52. The second kappa shape index (κ2) is 6.36. The maximum Gasteiger partial charge on any atom is 0.198 e. The zero-order chi connectivity index (χ0) is 14.8. The van der Waals surface area contributed by atoms with Gasteiger partial charge in [-0.15, -0.1) is 0 Å². The fourth-order valence-corrected chi connectivity index (χ4v) is 3.46. The fourth-order valence-electron chi connectivity index (χ4n) is 3.46. The van der Waals surface area contributed by atoms with Gasteiger partial charge in [-0.25, -0.2) is 4.98 Å². The molecule has 1 aromatic carbocycles. The van der Waals surface area contributed by atoms with Gasteiger partial charge in [-0.2, -0.15) is 0 Å². The molecule has 2 aromatic rings. The third-order valence-corrected chi connectivity index (χ3v) is 4.77. The van der Waals surface area contributed by atoms with Crippen molar-refractivity contribution in [3.05, 3.63) is 29.7 Å². The average molecular weight is 300 g/mol. The molecule has 2 aliphatic rings. The minimum absolute atomic E-state index is 0.477. The molecule has 5 nitrogen and oxygen atoms in total. The Bertz CT molecular complexity index is 627. The van der Waals surface area contributed by atoms with E-state index in [-0.39, 0.29) is 0 Å². The van der Waals surface area contributed by atoms with Crippen molar-refractivity contribution in [2.75, 3.05) is 39.3 Å². The highest BCUT2D eigenvalue weighted by Gasteiger charge is 2.21. The van der Waals surface area contributed by atoms with Crippen LogP contribution in [0.15, 0.2) is 22.6 Å². The molecular weight excluding hydrogens is 276 g/mol. The summed E-state index contributed by atoms with van der Waals surface area (Å²) in [5.74, 6) is 1.40. The molecule has 22 heavy (non-hydrogen) atoms. The van der Waals surface area contributed by atoms with Crippen molar-refractivity contribution in [1.29, 1.82) is 0 Å². The smallest absolute Gasteiger partial charge is 0.198 e. The molecule has 0 atom stereocenters. The third-order valence-electron chi connectivity index (χ3n) is 4.77. The number of piperazine rings is 1. The second-order valence-electron chi connectivity index (χ2n) is 6.40. The highest BCUT2D eigenvalue weighted by atomic mass is 16.3. The van der Waals surface area contributed by atoms with Crippen LogP contribution in [0.5, 0.6) is 0 Å². The Labute approximate surface area is 131 Å². The van der Waals surface area contributed by atoms with Crippen LogP contribution in [0.2, 0.25) is 0 Å². The summed E-state index contributed by atoms with van der Waals surface area (Å²) in [6, 6.07) is 6.47. The van der Waals surface area contributed by atoms with Crippen LogP contribution in [0.1, 0.15) is 30.2 Å². The summed E-state index contributed by atoms with van der Waals surface area (Å²) in [5, 5.41) is 6.79. The van der Waals surface area contributed by atoms with Gasteiger partial charge in [-0.1, -0.05) is 6.07 Å². The van der Waals surface area contributed by atoms with Crippen molar-refractivity contribution in [1.82, 2.24) is 20.5 Å². The molecule has 3 heterocycles. The van der Waals surface area contributed by atoms with Crippen molar-refractivity contribution in [3.63, 3.8) is 0 Å². The summed E-state index contributed by atoms with van der Waals surface area (Å²) in [6.07, 6.45) is 2.25. The summed E-state index contributed by atoms with van der Waals surface area (Å²) < 4.78 is 5.99. The van der Waals surface area contributed by atoms with Crippen LogP contribution >= 0.6 is 0 Å². The van der Waals surface area contributed by atoms with E-state index in [0.29, 0.717) is 5.92 Å². The first kappa shape index (κ1) is 14.2. The van der Waals surface area contributed by atoms with Crippen LogP contribution in [0, 0.1) is 0 Å². The molecule has 0 unspecified atom stereocenters. The van der Waals surface area contributed by atoms with E-state index in [0.717, 1.165) is 75.6 Å². The SMILES string of the molecule is c1cc2oc(C3CCNCC3)nc2cc1CN1CCNCC1. The number of fused-ring (bicyclic) bond motifs is 1. The zero-order valence-corrected chi connectivity index (χ0v) is 13.0. The first-order chi connectivity index (χ1) is 10.9. The molecule has 0 bridgehead atoms.